The molecule has 0 fully saturated rings. The van der Waals surface area contributed by atoms with E-state index in [1.165, 1.54) is 0 Å². The van der Waals surface area contributed by atoms with E-state index in [1.54, 1.807) is 15.4 Å². The predicted molar refractivity (Wildman–Crippen MR) is 86.3 cm³/mol. The van der Waals surface area contributed by atoms with E-state index in [1.807, 2.05) is 25.2 Å². The van der Waals surface area contributed by atoms with Crippen molar-refractivity contribution in [2.75, 3.05) is 0 Å². The molecular weight excluding hydrogens is 276 g/mol. The van der Waals surface area contributed by atoms with Crippen LogP contribution in [0.3, 0.4) is 0 Å². The van der Waals surface area contributed by atoms with Crippen molar-refractivity contribution in [2.45, 2.75) is 19.4 Å². The average Bonchev–Trinajstić information content (AvgIpc) is 2.91. The van der Waals surface area contributed by atoms with Gasteiger partial charge in [-0.2, -0.15) is 5.10 Å². The zero-order chi connectivity index (χ0) is 15.1. The van der Waals surface area contributed by atoms with E-state index in [2.05, 4.69) is 23.3 Å². The Kier molecular flexibility index (Phi) is 2.92. The quantitative estimate of drug-likeness (QED) is 0.692. The maximum absolute atomic E-state index is 12.6. The van der Waals surface area contributed by atoms with Gasteiger partial charge in [0.1, 0.15) is 11.2 Å². The summed E-state index contributed by atoms with van der Waals surface area (Å²) in [5.41, 5.74) is 2.90. The highest BCUT2D eigenvalue weighted by molar-refractivity contribution is 5.82. The zero-order valence-electron chi connectivity index (χ0n) is 12.4. The minimum absolute atomic E-state index is 0.00626. The lowest BCUT2D eigenvalue weighted by atomic mass is 10.0. The van der Waals surface area contributed by atoms with Crippen LogP contribution in [0.1, 0.15) is 24.2 Å². The number of hydrogen-bond donors (Lipinski definition) is 0. The maximum Gasteiger partial charge on any atom is 0.264 e. The fourth-order valence-electron chi connectivity index (χ4n) is 3.00. The van der Waals surface area contributed by atoms with Crippen LogP contribution in [-0.4, -0.2) is 19.3 Å². The maximum atomic E-state index is 12.6. The Labute approximate surface area is 127 Å². The van der Waals surface area contributed by atoms with Gasteiger partial charge in [0.05, 0.1) is 6.20 Å². The molecule has 1 aliphatic rings. The minimum Gasteiger partial charge on any atom is -0.292 e. The Morgan fingerprint density at radius 1 is 1.23 bits per heavy atom. The van der Waals surface area contributed by atoms with Crippen LogP contribution in [0.15, 0.2) is 41.3 Å². The molecule has 0 aliphatic carbocycles. The molecule has 1 aliphatic heterocycles. The highest BCUT2D eigenvalue weighted by atomic mass is 16.1. The molecular formula is C17H16N4O. The van der Waals surface area contributed by atoms with Crippen molar-refractivity contribution in [1.82, 2.24) is 19.3 Å². The number of aromatic nitrogens is 4. The zero-order valence-corrected chi connectivity index (χ0v) is 12.4. The van der Waals surface area contributed by atoms with E-state index in [9.17, 15) is 4.79 Å². The Balaban J connectivity index is 1.96. The smallest absolute Gasteiger partial charge is 0.264 e. The Bertz CT molecular complexity index is 934. The molecule has 5 nitrogen and oxygen atoms in total. The van der Waals surface area contributed by atoms with Crippen molar-refractivity contribution < 1.29 is 0 Å². The van der Waals surface area contributed by atoms with Gasteiger partial charge in [-0.3, -0.25) is 14.0 Å². The van der Waals surface area contributed by atoms with Crippen LogP contribution < -0.4 is 5.56 Å². The largest absolute Gasteiger partial charge is 0.292 e. The lowest BCUT2D eigenvalue weighted by Gasteiger charge is -2.20. The lowest BCUT2D eigenvalue weighted by molar-refractivity contribution is 0.586. The normalized spacial score (nSPS) is 16.1. The monoisotopic (exact) mass is 292 g/mol. The van der Waals surface area contributed by atoms with Crippen molar-refractivity contribution in [3.63, 3.8) is 0 Å². The van der Waals surface area contributed by atoms with Crippen LogP contribution in [-0.2, 0) is 13.6 Å². The third-order valence-electron chi connectivity index (χ3n) is 4.11. The van der Waals surface area contributed by atoms with Crippen molar-refractivity contribution in [2.24, 2.45) is 7.05 Å². The lowest BCUT2D eigenvalue weighted by Crippen LogP contribution is -2.27. The standard InChI is InChI=1S/C17H16N4O/c1-20-16-14(11-18-20)17(22)21-9-5-8-13(15(21)19-16)10-12-6-3-2-4-7-12/h2-4,6-7,10-11H,5,8-9H2,1H3/b13-10+. The first kappa shape index (κ1) is 13.0. The number of aryl methyl sites for hydroxylation is 1. The first-order valence-electron chi connectivity index (χ1n) is 7.42. The summed E-state index contributed by atoms with van der Waals surface area (Å²) in [4.78, 5) is 17.3. The van der Waals surface area contributed by atoms with Crippen LogP contribution in [0, 0.1) is 0 Å². The van der Waals surface area contributed by atoms with E-state index in [-0.39, 0.29) is 5.56 Å². The number of benzene rings is 1. The fraction of sp³-hybridized carbons (Fsp3) is 0.235. The second-order valence-electron chi connectivity index (χ2n) is 5.58. The van der Waals surface area contributed by atoms with Crippen LogP contribution >= 0.6 is 0 Å². The molecule has 0 bridgehead atoms. The summed E-state index contributed by atoms with van der Waals surface area (Å²) in [5.74, 6) is 0.774. The molecule has 0 spiro atoms. The molecule has 0 N–H and O–H groups in total. The predicted octanol–water partition coefficient (Wildman–Crippen LogP) is 2.46. The van der Waals surface area contributed by atoms with Gasteiger partial charge < -0.3 is 0 Å². The molecule has 4 rings (SSSR count). The summed E-state index contributed by atoms with van der Waals surface area (Å²) in [5, 5.41) is 4.75. The first-order chi connectivity index (χ1) is 10.7. The van der Waals surface area contributed by atoms with E-state index in [4.69, 9.17) is 4.98 Å². The average molecular weight is 292 g/mol. The molecule has 0 saturated carbocycles. The Morgan fingerprint density at radius 3 is 2.86 bits per heavy atom. The highest BCUT2D eigenvalue weighted by Crippen LogP contribution is 2.26. The van der Waals surface area contributed by atoms with E-state index < -0.39 is 0 Å². The van der Waals surface area contributed by atoms with E-state index in [0.29, 0.717) is 11.0 Å². The second-order valence-corrected chi connectivity index (χ2v) is 5.58. The Morgan fingerprint density at radius 2 is 2.05 bits per heavy atom. The number of allylic oxidation sites excluding steroid dienone is 1. The molecule has 0 radical (unpaired) electrons. The van der Waals surface area contributed by atoms with Gasteiger partial charge in [-0.15, -0.1) is 0 Å². The molecule has 0 unspecified atom stereocenters. The third-order valence-corrected chi connectivity index (χ3v) is 4.11. The molecule has 110 valence electrons. The van der Waals surface area contributed by atoms with E-state index in [0.717, 1.165) is 36.3 Å². The summed E-state index contributed by atoms with van der Waals surface area (Å²) < 4.78 is 3.44. The molecule has 0 saturated heterocycles. The topological polar surface area (TPSA) is 52.7 Å². The van der Waals surface area contributed by atoms with Gasteiger partial charge in [0, 0.05) is 13.6 Å². The summed E-state index contributed by atoms with van der Waals surface area (Å²) in [7, 11) is 1.81. The molecule has 3 aromatic rings. The molecule has 0 amide bonds. The van der Waals surface area contributed by atoms with Crippen molar-refractivity contribution >= 4 is 22.7 Å². The summed E-state index contributed by atoms with van der Waals surface area (Å²) >= 11 is 0. The van der Waals surface area contributed by atoms with Crippen molar-refractivity contribution in [3.05, 3.63) is 58.3 Å². The summed E-state index contributed by atoms with van der Waals surface area (Å²) in [6.07, 6.45) is 5.62. The third kappa shape index (κ3) is 1.97. The molecule has 0 atom stereocenters. The summed E-state index contributed by atoms with van der Waals surface area (Å²) in [6.45, 7) is 0.720. The fourth-order valence-corrected chi connectivity index (χ4v) is 3.00. The van der Waals surface area contributed by atoms with Crippen molar-refractivity contribution in [3.8, 4) is 0 Å². The highest BCUT2D eigenvalue weighted by Gasteiger charge is 2.20. The van der Waals surface area contributed by atoms with E-state index >= 15 is 0 Å². The van der Waals surface area contributed by atoms with Gasteiger partial charge in [-0.05, 0) is 30.1 Å². The first-order valence-corrected chi connectivity index (χ1v) is 7.42. The van der Waals surface area contributed by atoms with Crippen LogP contribution in [0.2, 0.25) is 0 Å². The minimum atomic E-state index is 0.00626. The van der Waals surface area contributed by atoms with Gasteiger partial charge in [-0.1, -0.05) is 30.3 Å². The van der Waals surface area contributed by atoms with Crippen LogP contribution in [0.5, 0.6) is 0 Å². The molecule has 22 heavy (non-hydrogen) atoms. The number of rotatable bonds is 1. The molecule has 5 heteroatoms. The Hall–Kier alpha value is -2.69. The van der Waals surface area contributed by atoms with Gasteiger partial charge >= 0.3 is 0 Å². The van der Waals surface area contributed by atoms with Gasteiger partial charge in [0.2, 0.25) is 0 Å². The molecule has 3 heterocycles. The van der Waals surface area contributed by atoms with Crippen molar-refractivity contribution in [1.29, 1.82) is 0 Å². The summed E-state index contributed by atoms with van der Waals surface area (Å²) in [6, 6.07) is 10.2. The van der Waals surface area contributed by atoms with Gasteiger partial charge in [-0.25, -0.2) is 4.98 Å². The number of nitrogens with zero attached hydrogens (tertiary/aromatic N) is 4. The van der Waals surface area contributed by atoms with Gasteiger partial charge in [0.15, 0.2) is 5.65 Å². The van der Waals surface area contributed by atoms with Gasteiger partial charge in [0.25, 0.3) is 5.56 Å². The SMILES string of the molecule is Cn1ncc2c(=O)n3c(nc21)/C(=C/c1ccccc1)CCC3. The van der Waals surface area contributed by atoms with Crippen LogP contribution in [0.4, 0.5) is 0 Å². The second kappa shape index (κ2) is 4.94. The molecule has 1 aromatic carbocycles. The number of fused-ring (bicyclic) bond motifs is 2. The molecule has 2 aromatic heterocycles. The number of hydrogen-bond acceptors (Lipinski definition) is 3. The van der Waals surface area contributed by atoms with Crippen LogP contribution in [0.25, 0.3) is 22.7 Å².